The number of nitrogens with one attached hydrogen (secondary N) is 1. The molecule has 0 aromatic carbocycles. The third-order valence-electron chi connectivity index (χ3n) is 4.23. The minimum absolute atomic E-state index is 0.333. The molecule has 0 aromatic rings. The Morgan fingerprint density at radius 1 is 1.53 bits per heavy atom. The topological polar surface area (TPSA) is 15.3 Å². The molecule has 2 aliphatic rings. The van der Waals surface area contributed by atoms with Crippen molar-refractivity contribution in [2.75, 3.05) is 19.6 Å². The van der Waals surface area contributed by atoms with E-state index >= 15 is 0 Å². The van der Waals surface area contributed by atoms with Crippen LogP contribution < -0.4 is 5.32 Å². The van der Waals surface area contributed by atoms with Gasteiger partial charge in [0, 0.05) is 31.2 Å². The Balaban J connectivity index is 2.00. The van der Waals surface area contributed by atoms with Crippen molar-refractivity contribution in [3.8, 4) is 0 Å². The Morgan fingerprint density at radius 3 is 2.80 bits per heavy atom. The molecule has 0 aromatic heterocycles. The Labute approximate surface area is 93.7 Å². The summed E-state index contributed by atoms with van der Waals surface area (Å²) in [7, 11) is 0. The normalized spacial score (nSPS) is 37.9. The van der Waals surface area contributed by atoms with Gasteiger partial charge in [0.05, 0.1) is 0 Å². The number of hydrogen-bond donors (Lipinski definition) is 1. The maximum atomic E-state index is 3.88. The molecular formula is C13H24N2. The van der Waals surface area contributed by atoms with Crippen molar-refractivity contribution in [3.63, 3.8) is 0 Å². The lowest BCUT2D eigenvalue weighted by Crippen LogP contribution is -2.63. The molecular weight excluding hydrogens is 184 g/mol. The van der Waals surface area contributed by atoms with Crippen molar-refractivity contribution >= 4 is 0 Å². The van der Waals surface area contributed by atoms with Crippen LogP contribution in [0.5, 0.6) is 0 Å². The summed E-state index contributed by atoms with van der Waals surface area (Å²) in [5, 5.41) is 3.73. The average molecular weight is 208 g/mol. The molecule has 1 saturated heterocycles. The zero-order valence-electron chi connectivity index (χ0n) is 10.1. The first kappa shape index (κ1) is 11.2. The SMILES string of the molecule is C=CCN1CC(C2CC2)NCC1(C)CC. The van der Waals surface area contributed by atoms with E-state index in [0.29, 0.717) is 5.54 Å². The molecule has 15 heavy (non-hydrogen) atoms. The van der Waals surface area contributed by atoms with E-state index in [4.69, 9.17) is 0 Å². The Bertz CT molecular complexity index is 235. The van der Waals surface area contributed by atoms with Crippen molar-refractivity contribution in [1.29, 1.82) is 0 Å². The predicted octanol–water partition coefficient (Wildman–Crippen LogP) is 2.02. The van der Waals surface area contributed by atoms with Crippen LogP contribution in [0.1, 0.15) is 33.1 Å². The van der Waals surface area contributed by atoms with Gasteiger partial charge in [0.15, 0.2) is 0 Å². The molecule has 1 aliphatic carbocycles. The van der Waals surface area contributed by atoms with Crippen LogP contribution in [0.25, 0.3) is 0 Å². The number of nitrogens with zero attached hydrogens (tertiary/aromatic N) is 1. The summed E-state index contributed by atoms with van der Waals surface area (Å²) in [6.07, 6.45) is 6.12. The minimum Gasteiger partial charge on any atom is -0.311 e. The molecule has 2 rings (SSSR count). The fraction of sp³-hybridized carbons (Fsp3) is 0.846. The van der Waals surface area contributed by atoms with Crippen LogP contribution in [0, 0.1) is 5.92 Å². The van der Waals surface area contributed by atoms with Crippen molar-refractivity contribution in [2.24, 2.45) is 5.92 Å². The fourth-order valence-electron chi connectivity index (χ4n) is 2.60. The Hall–Kier alpha value is -0.340. The number of rotatable bonds is 4. The van der Waals surface area contributed by atoms with Gasteiger partial charge in [-0.2, -0.15) is 0 Å². The van der Waals surface area contributed by atoms with Crippen molar-refractivity contribution < 1.29 is 0 Å². The molecule has 0 spiro atoms. The average Bonchev–Trinajstić information content (AvgIpc) is 3.05. The first-order valence-corrected chi connectivity index (χ1v) is 6.29. The molecule has 2 nitrogen and oxygen atoms in total. The minimum atomic E-state index is 0.333. The van der Waals surface area contributed by atoms with Gasteiger partial charge in [0.2, 0.25) is 0 Å². The van der Waals surface area contributed by atoms with Crippen LogP contribution in [0.4, 0.5) is 0 Å². The molecule has 1 saturated carbocycles. The molecule has 2 atom stereocenters. The molecule has 1 heterocycles. The summed E-state index contributed by atoms with van der Waals surface area (Å²) < 4.78 is 0. The second kappa shape index (κ2) is 4.26. The van der Waals surface area contributed by atoms with Crippen LogP contribution >= 0.6 is 0 Å². The van der Waals surface area contributed by atoms with E-state index in [9.17, 15) is 0 Å². The van der Waals surface area contributed by atoms with Gasteiger partial charge in [-0.1, -0.05) is 13.0 Å². The maximum Gasteiger partial charge on any atom is 0.0307 e. The smallest absolute Gasteiger partial charge is 0.0307 e. The summed E-state index contributed by atoms with van der Waals surface area (Å²) in [4.78, 5) is 2.61. The summed E-state index contributed by atoms with van der Waals surface area (Å²) in [6, 6.07) is 0.740. The molecule has 0 bridgehead atoms. The third-order valence-corrected chi connectivity index (χ3v) is 4.23. The Morgan fingerprint density at radius 2 is 2.27 bits per heavy atom. The summed E-state index contributed by atoms with van der Waals surface area (Å²) in [5.41, 5.74) is 0.333. The highest BCUT2D eigenvalue weighted by molar-refractivity contribution is 5.01. The molecule has 1 aliphatic heterocycles. The van der Waals surface area contributed by atoms with E-state index in [1.54, 1.807) is 0 Å². The maximum absolute atomic E-state index is 3.88. The van der Waals surface area contributed by atoms with Gasteiger partial charge in [-0.05, 0) is 32.1 Å². The van der Waals surface area contributed by atoms with Gasteiger partial charge < -0.3 is 5.32 Å². The van der Waals surface area contributed by atoms with Crippen LogP contribution in [0.3, 0.4) is 0 Å². The van der Waals surface area contributed by atoms with E-state index in [1.165, 1.54) is 25.8 Å². The van der Waals surface area contributed by atoms with Crippen LogP contribution in [-0.4, -0.2) is 36.1 Å². The Kier molecular flexibility index (Phi) is 3.17. The zero-order chi connectivity index (χ0) is 10.9. The quantitative estimate of drug-likeness (QED) is 0.711. The first-order valence-electron chi connectivity index (χ1n) is 6.29. The number of hydrogen-bond acceptors (Lipinski definition) is 2. The lowest BCUT2D eigenvalue weighted by Gasteiger charge is -2.47. The predicted molar refractivity (Wildman–Crippen MR) is 65.0 cm³/mol. The van der Waals surface area contributed by atoms with E-state index in [-0.39, 0.29) is 0 Å². The van der Waals surface area contributed by atoms with Gasteiger partial charge >= 0.3 is 0 Å². The molecule has 1 N–H and O–H groups in total. The second-order valence-electron chi connectivity index (χ2n) is 5.37. The van der Waals surface area contributed by atoms with Gasteiger partial charge in [-0.3, -0.25) is 4.90 Å². The fourth-order valence-corrected chi connectivity index (χ4v) is 2.60. The molecule has 2 heteroatoms. The van der Waals surface area contributed by atoms with Crippen molar-refractivity contribution in [2.45, 2.75) is 44.7 Å². The highest BCUT2D eigenvalue weighted by Gasteiger charge is 2.41. The van der Waals surface area contributed by atoms with E-state index in [1.807, 2.05) is 6.08 Å². The van der Waals surface area contributed by atoms with Crippen molar-refractivity contribution in [3.05, 3.63) is 12.7 Å². The van der Waals surface area contributed by atoms with Crippen LogP contribution in [0.15, 0.2) is 12.7 Å². The van der Waals surface area contributed by atoms with Crippen LogP contribution in [0.2, 0.25) is 0 Å². The second-order valence-corrected chi connectivity index (χ2v) is 5.37. The third kappa shape index (κ3) is 2.26. The summed E-state index contributed by atoms with van der Waals surface area (Å²) in [6.45, 7) is 11.9. The molecule has 2 unspecified atom stereocenters. The monoisotopic (exact) mass is 208 g/mol. The largest absolute Gasteiger partial charge is 0.311 e. The van der Waals surface area contributed by atoms with Gasteiger partial charge in [0.1, 0.15) is 0 Å². The van der Waals surface area contributed by atoms with Crippen LogP contribution in [-0.2, 0) is 0 Å². The highest BCUT2D eigenvalue weighted by atomic mass is 15.3. The lowest BCUT2D eigenvalue weighted by atomic mass is 9.91. The molecule has 2 fully saturated rings. The lowest BCUT2D eigenvalue weighted by molar-refractivity contribution is 0.0554. The van der Waals surface area contributed by atoms with E-state index in [0.717, 1.165) is 25.0 Å². The van der Waals surface area contributed by atoms with Gasteiger partial charge in [-0.15, -0.1) is 6.58 Å². The number of piperazine rings is 1. The van der Waals surface area contributed by atoms with Gasteiger partial charge in [0.25, 0.3) is 0 Å². The molecule has 86 valence electrons. The zero-order valence-corrected chi connectivity index (χ0v) is 10.1. The highest BCUT2D eigenvalue weighted by Crippen LogP contribution is 2.36. The summed E-state index contributed by atoms with van der Waals surface area (Å²) >= 11 is 0. The molecule has 0 radical (unpaired) electrons. The van der Waals surface area contributed by atoms with E-state index in [2.05, 4.69) is 30.6 Å². The summed E-state index contributed by atoms with van der Waals surface area (Å²) in [5.74, 6) is 0.957. The van der Waals surface area contributed by atoms with Crippen molar-refractivity contribution in [1.82, 2.24) is 10.2 Å². The first-order chi connectivity index (χ1) is 7.19. The van der Waals surface area contributed by atoms with Gasteiger partial charge in [-0.25, -0.2) is 0 Å². The molecule has 0 amide bonds. The standard InChI is InChI=1S/C13H24N2/c1-4-8-15-9-12(11-6-7-11)14-10-13(15,3)5-2/h4,11-12,14H,1,5-10H2,2-3H3. The van der Waals surface area contributed by atoms with E-state index < -0.39 is 0 Å².